The Morgan fingerprint density at radius 1 is 1.50 bits per heavy atom. The van der Waals surface area contributed by atoms with Crippen molar-refractivity contribution in [3.63, 3.8) is 0 Å². The van der Waals surface area contributed by atoms with Gasteiger partial charge in [0, 0.05) is 12.6 Å². The van der Waals surface area contributed by atoms with Crippen molar-refractivity contribution in [1.82, 2.24) is 10.8 Å². The third-order valence-corrected chi connectivity index (χ3v) is 1.44. The van der Waals surface area contributed by atoms with Gasteiger partial charge in [0.05, 0.1) is 6.61 Å². The monoisotopic (exact) mass is 230 g/mol. The molecule has 0 bridgehead atoms. The van der Waals surface area contributed by atoms with Crippen molar-refractivity contribution < 1.29 is 14.4 Å². The van der Waals surface area contributed by atoms with E-state index in [1.165, 1.54) is 0 Å². The lowest BCUT2D eigenvalue weighted by molar-refractivity contribution is 0.0335. The molecule has 0 heterocycles. The predicted octanol–water partition coefficient (Wildman–Crippen LogP) is 1.61. The van der Waals surface area contributed by atoms with Gasteiger partial charge in [0.25, 0.3) is 0 Å². The average molecular weight is 230 g/mol. The van der Waals surface area contributed by atoms with Gasteiger partial charge in [-0.1, -0.05) is 6.08 Å². The number of nitrogens with one attached hydrogen (secondary N) is 2. The molecule has 0 aliphatic heterocycles. The third-order valence-electron chi connectivity index (χ3n) is 1.44. The number of amides is 1. The Kier molecular flexibility index (Phi) is 6.76. The Morgan fingerprint density at radius 3 is 2.62 bits per heavy atom. The third kappa shape index (κ3) is 9.48. The summed E-state index contributed by atoms with van der Waals surface area (Å²) in [6, 6.07) is 0.00692. The summed E-state index contributed by atoms with van der Waals surface area (Å²) in [5.74, 6) is 0. The van der Waals surface area contributed by atoms with E-state index in [0.717, 1.165) is 0 Å². The van der Waals surface area contributed by atoms with E-state index in [1.807, 2.05) is 27.7 Å². The lowest BCUT2D eigenvalue weighted by Gasteiger charge is -2.21. The van der Waals surface area contributed by atoms with Crippen LogP contribution in [0.2, 0.25) is 0 Å². The topological polar surface area (TPSA) is 59.6 Å². The molecule has 5 nitrogen and oxygen atoms in total. The Balaban J connectivity index is 3.62. The van der Waals surface area contributed by atoms with Gasteiger partial charge < -0.3 is 10.1 Å². The number of hydroxylamine groups is 1. The first-order valence-corrected chi connectivity index (χ1v) is 5.30. The highest BCUT2D eigenvalue weighted by Gasteiger charge is 2.16. The van der Waals surface area contributed by atoms with Crippen LogP contribution in [0, 0.1) is 0 Å². The molecule has 1 unspecified atom stereocenters. The highest BCUT2D eigenvalue weighted by atomic mass is 16.6. The zero-order valence-corrected chi connectivity index (χ0v) is 10.5. The van der Waals surface area contributed by atoms with Gasteiger partial charge in [0.15, 0.2) is 0 Å². The van der Waals surface area contributed by atoms with Crippen molar-refractivity contribution in [2.45, 2.75) is 39.3 Å². The predicted molar refractivity (Wildman–Crippen MR) is 63.0 cm³/mol. The van der Waals surface area contributed by atoms with Crippen LogP contribution in [0.5, 0.6) is 0 Å². The Bertz CT molecular complexity index is 224. The quantitative estimate of drug-likeness (QED) is 0.413. The molecule has 0 aromatic rings. The molecule has 0 saturated heterocycles. The highest BCUT2D eigenvalue weighted by molar-refractivity contribution is 5.67. The second-order valence-corrected chi connectivity index (χ2v) is 4.50. The Morgan fingerprint density at radius 2 is 2.12 bits per heavy atom. The molecule has 0 aromatic carbocycles. The van der Waals surface area contributed by atoms with Gasteiger partial charge in [0.1, 0.15) is 5.60 Å². The van der Waals surface area contributed by atoms with Gasteiger partial charge in [-0.25, -0.2) is 4.79 Å². The molecule has 0 aliphatic rings. The number of hydrogen-bond acceptors (Lipinski definition) is 4. The van der Waals surface area contributed by atoms with E-state index in [9.17, 15) is 4.79 Å². The van der Waals surface area contributed by atoms with E-state index in [1.54, 1.807) is 6.08 Å². The van der Waals surface area contributed by atoms with E-state index in [2.05, 4.69) is 17.4 Å². The lowest BCUT2D eigenvalue weighted by Crippen LogP contribution is -2.41. The summed E-state index contributed by atoms with van der Waals surface area (Å²) in [6.07, 6.45) is 1.21. The van der Waals surface area contributed by atoms with Gasteiger partial charge in [-0.2, -0.15) is 5.48 Å². The van der Waals surface area contributed by atoms with Crippen LogP contribution in [0.15, 0.2) is 12.7 Å². The maximum atomic E-state index is 11.3. The van der Waals surface area contributed by atoms with Gasteiger partial charge in [0.2, 0.25) is 0 Å². The summed E-state index contributed by atoms with van der Waals surface area (Å²) < 4.78 is 5.08. The second kappa shape index (κ2) is 7.24. The normalized spacial score (nSPS) is 13.0. The Labute approximate surface area is 97.1 Å². The first-order chi connectivity index (χ1) is 7.35. The summed E-state index contributed by atoms with van der Waals surface area (Å²) in [6.45, 7) is 11.7. The van der Waals surface area contributed by atoms with Crippen molar-refractivity contribution >= 4 is 6.09 Å². The largest absolute Gasteiger partial charge is 0.444 e. The molecule has 1 amide bonds. The number of hydrogen-bond donors (Lipinski definition) is 2. The average Bonchev–Trinajstić information content (AvgIpc) is 2.12. The van der Waals surface area contributed by atoms with Crippen LogP contribution in [0.3, 0.4) is 0 Å². The summed E-state index contributed by atoms with van der Waals surface area (Å²) >= 11 is 0. The zero-order chi connectivity index (χ0) is 12.6. The fourth-order valence-corrected chi connectivity index (χ4v) is 0.842. The van der Waals surface area contributed by atoms with E-state index >= 15 is 0 Å². The van der Waals surface area contributed by atoms with Gasteiger partial charge >= 0.3 is 6.09 Å². The van der Waals surface area contributed by atoms with E-state index in [4.69, 9.17) is 9.57 Å². The van der Waals surface area contributed by atoms with Crippen LogP contribution >= 0.6 is 0 Å². The van der Waals surface area contributed by atoms with E-state index in [0.29, 0.717) is 13.2 Å². The lowest BCUT2D eigenvalue weighted by atomic mass is 10.2. The SMILES string of the molecule is C=CCONC(C)CNC(=O)OC(C)(C)C. The van der Waals surface area contributed by atoms with Crippen molar-refractivity contribution in [3.8, 4) is 0 Å². The molecule has 16 heavy (non-hydrogen) atoms. The van der Waals surface area contributed by atoms with Crippen LogP contribution in [-0.2, 0) is 9.57 Å². The standard InChI is InChI=1S/C11H22N2O3/c1-6-7-15-13-9(2)8-12-10(14)16-11(3,4)5/h6,9,13H,1,7-8H2,2-5H3,(H,12,14). The minimum absolute atomic E-state index is 0.00692. The first kappa shape index (κ1) is 14.9. The highest BCUT2D eigenvalue weighted by Crippen LogP contribution is 2.06. The maximum Gasteiger partial charge on any atom is 0.407 e. The van der Waals surface area contributed by atoms with Crippen LogP contribution in [0.25, 0.3) is 0 Å². The van der Waals surface area contributed by atoms with Crippen LogP contribution in [-0.4, -0.2) is 30.9 Å². The molecule has 94 valence electrons. The summed E-state index contributed by atoms with van der Waals surface area (Å²) in [4.78, 5) is 16.3. The fraction of sp³-hybridized carbons (Fsp3) is 0.727. The molecule has 0 aliphatic carbocycles. The molecule has 5 heteroatoms. The van der Waals surface area contributed by atoms with Crippen LogP contribution < -0.4 is 10.8 Å². The number of ether oxygens (including phenoxy) is 1. The minimum Gasteiger partial charge on any atom is -0.444 e. The summed E-state index contributed by atoms with van der Waals surface area (Å²) in [5, 5.41) is 2.64. The van der Waals surface area contributed by atoms with Gasteiger partial charge in [-0.15, -0.1) is 6.58 Å². The van der Waals surface area contributed by atoms with Crippen molar-refractivity contribution in [2.24, 2.45) is 0 Å². The molecule has 0 rings (SSSR count). The molecule has 0 saturated carbocycles. The molecule has 0 spiro atoms. The maximum absolute atomic E-state index is 11.3. The number of carbonyl (C=O) groups excluding carboxylic acids is 1. The number of rotatable bonds is 6. The molecule has 0 aromatic heterocycles. The smallest absolute Gasteiger partial charge is 0.407 e. The van der Waals surface area contributed by atoms with E-state index in [-0.39, 0.29) is 6.04 Å². The van der Waals surface area contributed by atoms with E-state index < -0.39 is 11.7 Å². The second-order valence-electron chi connectivity index (χ2n) is 4.50. The molecule has 1 atom stereocenters. The van der Waals surface area contributed by atoms with Gasteiger partial charge in [-0.3, -0.25) is 4.84 Å². The van der Waals surface area contributed by atoms with Crippen LogP contribution in [0.4, 0.5) is 4.79 Å². The number of carbonyl (C=O) groups is 1. The summed E-state index contributed by atoms with van der Waals surface area (Å²) in [5.41, 5.74) is 2.29. The zero-order valence-electron chi connectivity index (χ0n) is 10.5. The molecule has 0 radical (unpaired) electrons. The molecular weight excluding hydrogens is 208 g/mol. The minimum atomic E-state index is -0.472. The Hall–Kier alpha value is -1.07. The fourth-order valence-electron chi connectivity index (χ4n) is 0.842. The van der Waals surface area contributed by atoms with Crippen molar-refractivity contribution in [2.75, 3.05) is 13.2 Å². The van der Waals surface area contributed by atoms with Crippen molar-refractivity contribution in [3.05, 3.63) is 12.7 Å². The van der Waals surface area contributed by atoms with Crippen LogP contribution in [0.1, 0.15) is 27.7 Å². The first-order valence-electron chi connectivity index (χ1n) is 5.30. The molecule has 0 fully saturated rings. The number of alkyl carbamates (subject to hydrolysis) is 1. The molecular formula is C11H22N2O3. The summed E-state index contributed by atoms with van der Waals surface area (Å²) in [7, 11) is 0. The molecule has 2 N–H and O–H groups in total. The van der Waals surface area contributed by atoms with Crippen molar-refractivity contribution in [1.29, 1.82) is 0 Å². The van der Waals surface area contributed by atoms with Gasteiger partial charge in [-0.05, 0) is 27.7 Å².